The summed E-state index contributed by atoms with van der Waals surface area (Å²) in [6, 6.07) is 13.9. The van der Waals surface area contributed by atoms with Gasteiger partial charge in [-0.25, -0.2) is 4.79 Å². The Morgan fingerprint density at radius 1 is 0.970 bits per heavy atom. The van der Waals surface area contributed by atoms with Crippen LogP contribution < -0.4 is 20.7 Å². The molecular formula is C24H30ClN3O5. The van der Waals surface area contributed by atoms with Crippen LogP contribution in [0.25, 0.3) is 0 Å². The fourth-order valence-corrected chi connectivity index (χ4v) is 2.75. The Morgan fingerprint density at radius 3 is 2.21 bits per heavy atom. The molecule has 0 fully saturated rings. The third-order valence-corrected chi connectivity index (χ3v) is 4.47. The van der Waals surface area contributed by atoms with Crippen molar-refractivity contribution in [2.75, 3.05) is 11.9 Å². The minimum atomic E-state index is -0.668. The van der Waals surface area contributed by atoms with Crippen LogP contribution in [-0.4, -0.2) is 36.2 Å². The lowest BCUT2D eigenvalue weighted by Gasteiger charge is -2.19. The second-order valence-corrected chi connectivity index (χ2v) is 8.79. The van der Waals surface area contributed by atoms with Gasteiger partial charge in [-0.3, -0.25) is 9.59 Å². The van der Waals surface area contributed by atoms with Gasteiger partial charge in [0.2, 0.25) is 5.91 Å². The molecule has 0 aliphatic carbocycles. The summed E-state index contributed by atoms with van der Waals surface area (Å²) in [6.07, 6.45) is -1.11. The third kappa shape index (κ3) is 10.3. The van der Waals surface area contributed by atoms with Crippen molar-refractivity contribution >= 4 is 35.2 Å². The highest BCUT2D eigenvalue weighted by Gasteiger charge is 2.16. The molecule has 0 spiro atoms. The van der Waals surface area contributed by atoms with Gasteiger partial charge < -0.3 is 25.4 Å². The van der Waals surface area contributed by atoms with Gasteiger partial charge in [0.25, 0.3) is 5.91 Å². The van der Waals surface area contributed by atoms with Gasteiger partial charge in [0, 0.05) is 30.2 Å². The van der Waals surface area contributed by atoms with Crippen molar-refractivity contribution in [1.29, 1.82) is 0 Å². The van der Waals surface area contributed by atoms with Gasteiger partial charge in [0.1, 0.15) is 11.4 Å². The van der Waals surface area contributed by atoms with E-state index in [1.54, 1.807) is 76.2 Å². The molecule has 8 nitrogen and oxygen atoms in total. The van der Waals surface area contributed by atoms with Crippen LogP contribution in [0.15, 0.2) is 48.5 Å². The molecule has 0 saturated heterocycles. The van der Waals surface area contributed by atoms with Crippen LogP contribution in [0.3, 0.4) is 0 Å². The summed E-state index contributed by atoms with van der Waals surface area (Å²) in [5.74, 6) is 0.0727. The number of hydrogen-bond acceptors (Lipinski definition) is 5. The number of carbonyl (C=O) groups excluding carboxylic acids is 3. The number of nitrogens with one attached hydrogen (secondary N) is 3. The molecule has 3 N–H and O–H groups in total. The molecule has 0 aliphatic rings. The number of ether oxygens (including phenoxy) is 2. The molecule has 178 valence electrons. The number of benzene rings is 2. The van der Waals surface area contributed by atoms with Gasteiger partial charge in [0.15, 0.2) is 6.10 Å². The standard InChI is InChI=1S/C24H30ClN3O5/c1-16(32-20-11-7-18(25)8-12-20)22(30)27-15-17-5-9-19(10-6-17)28-21(29)13-14-26-23(31)33-24(2,3)4/h5-12,16H,13-15H2,1-4H3,(H,26,31)(H,27,30)(H,28,29). The Hall–Kier alpha value is -3.26. The minimum Gasteiger partial charge on any atom is -0.481 e. The lowest BCUT2D eigenvalue weighted by atomic mass is 10.2. The third-order valence-electron chi connectivity index (χ3n) is 4.22. The zero-order chi connectivity index (χ0) is 24.4. The van der Waals surface area contributed by atoms with Crippen LogP contribution in [0.5, 0.6) is 5.75 Å². The molecule has 2 aromatic rings. The van der Waals surface area contributed by atoms with E-state index in [-0.39, 0.29) is 24.8 Å². The number of carbonyl (C=O) groups is 3. The summed E-state index contributed by atoms with van der Waals surface area (Å²) in [6.45, 7) is 7.46. The second-order valence-electron chi connectivity index (χ2n) is 8.36. The maximum atomic E-state index is 12.3. The Kier molecular flexibility index (Phi) is 9.54. The smallest absolute Gasteiger partial charge is 0.407 e. The van der Waals surface area contributed by atoms with Gasteiger partial charge in [-0.15, -0.1) is 0 Å². The van der Waals surface area contributed by atoms with Crippen molar-refractivity contribution in [1.82, 2.24) is 10.6 Å². The SMILES string of the molecule is CC(Oc1ccc(Cl)cc1)C(=O)NCc1ccc(NC(=O)CCNC(=O)OC(C)(C)C)cc1. The highest BCUT2D eigenvalue weighted by atomic mass is 35.5. The van der Waals surface area contributed by atoms with E-state index in [9.17, 15) is 14.4 Å². The van der Waals surface area contributed by atoms with Gasteiger partial charge >= 0.3 is 6.09 Å². The van der Waals surface area contributed by atoms with Crippen LogP contribution in [-0.2, 0) is 20.9 Å². The van der Waals surface area contributed by atoms with E-state index >= 15 is 0 Å². The maximum Gasteiger partial charge on any atom is 0.407 e. The van der Waals surface area contributed by atoms with E-state index in [0.717, 1.165) is 5.56 Å². The van der Waals surface area contributed by atoms with Crippen molar-refractivity contribution in [3.63, 3.8) is 0 Å². The summed E-state index contributed by atoms with van der Waals surface area (Å²) in [5.41, 5.74) is 0.897. The predicted molar refractivity (Wildman–Crippen MR) is 127 cm³/mol. The topological polar surface area (TPSA) is 106 Å². The summed E-state index contributed by atoms with van der Waals surface area (Å²) >= 11 is 5.84. The molecule has 33 heavy (non-hydrogen) atoms. The molecule has 0 radical (unpaired) electrons. The number of alkyl carbamates (subject to hydrolysis) is 1. The number of halogens is 1. The van der Waals surface area contributed by atoms with Crippen molar-refractivity contribution in [2.24, 2.45) is 0 Å². The Morgan fingerprint density at radius 2 is 1.61 bits per heavy atom. The average molecular weight is 476 g/mol. The van der Waals surface area contributed by atoms with Crippen LogP contribution in [0.1, 0.15) is 39.7 Å². The molecule has 2 rings (SSSR count). The monoisotopic (exact) mass is 475 g/mol. The summed E-state index contributed by atoms with van der Waals surface area (Å²) < 4.78 is 10.7. The first-order valence-corrected chi connectivity index (χ1v) is 11.0. The number of amides is 3. The van der Waals surface area contributed by atoms with Crippen molar-refractivity contribution in [2.45, 2.75) is 52.4 Å². The number of anilines is 1. The number of hydrogen-bond donors (Lipinski definition) is 3. The normalized spacial score (nSPS) is 11.8. The molecular weight excluding hydrogens is 446 g/mol. The van der Waals surface area contributed by atoms with Crippen molar-refractivity contribution < 1.29 is 23.9 Å². The molecule has 1 unspecified atom stereocenters. The summed E-state index contributed by atoms with van der Waals surface area (Å²) in [4.78, 5) is 35.9. The fraction of sp³-hybridized carbons (Fsp3) is 0.375. The molecule has 0 heterocycles. The van der Waals surface area contributed by atoms with E-state index in [4.69, 9.17) is 21.1 Å². The Balaban J connectivity index is 1.71. The zero-order valence-corrected chi connectivity index (χ0v) is 20.0. The summed E-state index contributed by atoms with van der Waals surface area (Å²) in [7, 11) is 0. The zero-order valence-electron chi connectivity index (χ0n) is 19.2. The second kappa shape index (κ2) is 12.1. The predicted octanol–water partition coefficient (Wildman–Crippen LogP) is 4.28. The van der Waals surface area contributed by atoms with E-state index in [1.807, 2.05) is 0 Å². The lowest BCUT2D eigenvalue weighted by molar-refractivity contribution is -0.127. The van der Waals surface area contributed by atoms with E-state index < -0.39 is 17.8 Å². The van der Waals surface area contributed by atoms with E-state index in [1.165, 1.54) is 0 Å². The quantitative estimate of drug-likeness (QED) is 0.502. The molecule has 0 aliphatic heterocycles. The van der Waals surface area contributed by atoms with Gasteiger partial charge in [-0.05, 0) is 69.7 Å². The van der Waals surface area contributed by atoms with Gasteiger partial charge in [-0.2, -0.15) is 0 Å². The summed E-state index contributed by atoms with van der Waals surface area (Å²) in [5, 5.41) is 8.71. The molecule has 2 aromatic carbocycles. The van der Waals surface area contributed by atoms with Gasteiger partial charge in [0.05, 0.1) is 0 Å². The minimum absolute atomic E-state index is 0.114. The molecule has 1 atom stereocenters. The average Bonchev–Trinajstić information content (AvgIpc) is 2.73. The first kappa shape index (κ1) is 26.0. The number of rotatable bonds is 9. The fourth-order valence-electron chi connectivity index (χ4n) is 2.63. The van der Waals surface area contributed by atoms with Crippen molar-refractivity contribution in [3.8, 4) is 5.75 Å². The highest BCUT2D eigenvalue weighted by Crippen LogP contribution is 2.17. The van der Waals surface area contributed by atoms with E-state index in [2.05, 4.69) is 16.0 Å². The van der Waals surface area contributed by atoms with Crippen LogP contribution in [0.4, 0.5) is 10.5 Å². The maximum absolute atomic E-state index is 12.3. The van der Waals surface area contributed by atoms with Crippen LogP contribution >= 0.6 is 11.6 Å². The first-order valence-electron chi connectivity index (χ1n) is 10.6. The van der Waals surface area contributed by atoms with Gasteiger partial charge in [-0.1, -0.05) is 23.7 Å². The van der Waals surface area contributed by atoms with E-state index in [0.29, 0.717) is 23.0 Å². The lowest BCUT2D eigenvalue weighted by Crippen LogP contribution is -2.35. The van der Waals surface area contributed by atoms with Crippen LogP contribution in [0, 0.1) is 0 Å². The molecule has 0 saturated carbocycles. The molecule has 3 amide bonds. The Labute approximate surface area is 199 Å². The molecule has 0 aromatic heterocycles. The van der Waals surface area contributed by atoms with Crippen LogP contribution in [0.2, 0.25) is 5.02 Å². The van der Waals surface area contributed by atoms with Crippen molar-refractivity contribution in [3.05, 3.63) is 59.1 Å². The Bertz CT molecular complexity index is 940. The first-order chi connectivity index (χ1) is 15.5. The molecule has 0 bridgehead atoms. The highest BCUT2D eigenvalue weighted by molar-refractivity contribution is 6.30. The largest absolute Gasteiger partial charge is 0.481 e. The molecule has 9 heteroatoms.